The summed E-state index contributed by atoms with van der Waals surface area (Å²) in [6, 6.07) is 2.89. The SMILES string of the molecule is Cc1cn(-c2ccc(F)cn2)/c(=N/C(=O)C(C)(C)C)s1. The molecule has 2 rings (SSSR count). The molecule has 1 amide bonds. The zero-order valence-electron chi connectivity index (χ0n) is 11.8. The molecule has 0 atom stereocenters. The van der Waals surface area contributed by atoms with E-state index in [9.17, 15) is 9.18 Å². The van der Waals surface area contributed by atoms with E-state index in [-0.39, 0.29) is 5.91 Å². The first-order chi connectivity index (χ1) is 9.27. The Labute approximate surface area is 120 Å². The van der Waals surface area contributed by atoms with Crippen LogP contribution in [0.3, 0.4) is 0 Å². The molecule has 0 saturated carbocycles. The van der Waals surface area contributed by atoms with Crippen molar-refractivity contribution in [1.82, 2.24) is 9.55 Å². The summed E-state index contributed by atoms with van der Waals surface area (Å²) in [6.07, 6.45) is 2.98. The molecule has 106 valence electrons. The topological polar surface area (TPSA) is 47.2 Å². The number of carbonyl (C=O) groups excluding carboxylic acids is 1. The number of amides is 1. The number of thiazole rings is 1. The van der Waals surface area contributed by atoms with Gasteiger partial charge < -0.3 is 0 Å². The second-order valence-electron chi connectivity index (χ2n) is 5.50. The normalized spacial score (nSPS) is 12.8. The molecule has 0 aliphatic rings. The Hall–Kier alpha value is -1.82. The quantitative estimate of drug-likeness (QED) is 0.811. The average Bonchev–Trinajstić information content (AvgIpc) is 2.70. The summed E-state index contributed by atoms with van der Waals surface area (Å²) in [5.74, 6) is -0.0584. The van der Waals surface area contributed by atoms with E-state index in [1.54, 1.807) is 10.6 Å². The summed E-state index contributed by atoms with van der Waals surface area (Å²) in [5.41, 5.74) is -0.536. The van der Waals surface area contributed by atoms with Crippen LogP contribution in [0.25, 0.3) is 5.82 Å². The molecular formula is C14H16FN3OS. The summed E-state index contributed by atoms with van der Waals surface area (Å²) in [5, 5.41) is 0. The number of halogens is 1. The van der Waals surface area contributed by atoms with Crippen molar-refractivity contribution in [3.05, 3.63) is 40.0 Å². The van der Waals surface area contributed by atoms with Crippen molar-refractivity contribution in [2.24, 2.45) is 10.4 Å². The van der Waals surface area contributed by atoms with Crippen LogP contribution in [0.4, 0.5) is 4.39 Å². The molecule has 6 heteroatoms. The van der Waals surface area contributed by atoms with E-state index in [2.05, 4.69) is 9.98 Å². The van der Waals surface area contributed by atoms with Gasteiger partial charge in [0.1, 0.15) is 11.6 Å². The van der Waals surface area contributed by atoms with Gasteiger partial charge in [0, 0.05) is 16.5 Å². The van der Waals surface area contributed by atoms with Gasteiger partial charge >= 0.3 is 0 Å². The Morgan fingerprint density at radius 3 is 2.65 bits per heavy atom. The van der Waals surface area contributed by atoms with Crippen LogP contribution in [0.15, 0.2) is 29.5 Å². The molecule has 20 heavy (non-hydrogen) atoms. The van der Waals surface area contributed by atoms with Crippen LogP contribution in [0.1, 0.15) is 25.6 Å². The van der Waals surface area contributed by atoms with Crippen molar-refractivity contribution in [1.29, 1.82) is 0 Å². The van der Waals surface area contributed by atoms with Gasteiger partial charge in [-0.15, -0.1) is 11.3 Å². The largest absolute Gasteiger partial charge is 0.276 e. The summed E-state index contributed by atoms with van der Waals surface area (Å²) in [6.45, 7) is 7.38. The van der Waals surface area contributed by atoms with Crippen molar-refractivity contribution in [2.45, 2.75) is 27.7 Å². The molecule has 0 aliphatic carbocycles. The molecule has 2 aromatic rings. The molecule has 4 nitrogen and oxygen atoms in total. The van der Waals surface area contributed by atoms with Gasteiger partial charge in [0.25, 0.3) is 5.91 Å². The van der Waals surface area contributed by atoms with Gasteiger partial charge in [-0.3, -0.25) is 9.36 Å². The molecular weight excluding hydrogens is 277 g/mol. The second-order valence-corrected chi connectivity index (χ2v) is 6.71. The lowest BCUT2D eigenvalue weighted by Gasteiger charge is -2.11. The van der Waals surface area contributed by atoms with Crippen LogP contribution in [-0.4, -0.2) is 15.5 Å². The highest BCUT2D eigenvalue weighted by Gasteiger charge is 2.21. The van der Waals surface area contributed by atoms with Gasteiger partial charge in [0.2, 0.25) is 0 Å². The number of hydrogen-bond acceptors (Lipinski definition) is 3. The zero-order valence-corrected chi connectivity index (χ0v) is 12.7. The minimum atomic E-state index is -0.536. The van der Waals surface area contributed by atoms with Gasteiger partial charge in [-0.2, -0.15) is 4.99 Å². The van der Waals surface area contributed by atoms with Gasteiger partial charge in [-0.25, -0.2) is 9.37 Å². The van der Waals surface area contributed by atoms with E-state index in [1.165, 1.54) is 17.4 Å². The van der Waals surface area contributed by atoms with E-state index in [0.29, 0.717) is 10.6 Å². The Balaban J connectivity index is 2.54. The molecule has 0 aliphatic heterocycles. The Kier molecular flexibility index (Phi) is 3.85. The number of nitrogens with zero attached hydrogens (tertiary/aromatic N) is 3. The lowest BCUT2D eigenvalue weighted by molar-refractivity contribution is -0.125. The van der Waals surface area contributed by atoms with E-state index in [1.807, 2.05) is 33.9 Å². The number of hydrogen-bond donors (Lipinski definition) is 0. The molecule has 0 N–H and O–H groups in total. The molecule has 0 aromatic carbocycles. The van der Waals surface area contributed by atoms with Crippen LogP contribution in [-0.2, 0) is 4.79 Å². The number of aryl methyl sites for hydroxylation is 1. The highest BCUT2D eigenvalue weighted by Crippen LogP contribution is 2.15. The first-order valence-corrected chi connectivity index (χ1v) is 6.99. The highest BCUT2D eigenvalue weighted by atomic mass is 32.1. The van der Waals surface area contributed by atoms with Crippen molar-refractivity contribution in [3.63, 3.8) is 0 Å². The van der Waals surface area contributed by atoms with Gasteiger partial charge in [0.15, 0.2) is 4.80 Å². The van der Waals surface area contributed by atoms with E-state index < -0.39 is 11.2 Å². The van der Waals surface area contributed by atoms with Crippen LogP contribution < -0.4 is 4.80 Å². The number of rotatable bonds is 1. The van der Waals surface area contributed by atoms with Crippen LogP contribution in [0.5, 0.6) is 0 Å². The molecule has 0 unspecified atom stereocenters. The molecule has 2 heterocycles. The smallest absolute Gasteiger partial charge is 0.253 e. The predicted octanol–water partition coefficient (Wildman–Crippen LogP) is 2.85. The van der Waals surface area contributed by atoms with Crippen molar-refractivity contribution in [3.8, 4) is 5.82 Å². The second kappa shape index (κ2) is 5.28. The van der Waals surface area contributed by atoms with Gasteiger partial charge in [-0.05, 0) is 19.1 Å². The third-order valence-electron chi connectivity index (χ3n) is 2.57. The first-order valence-electron chi connectivity index (χ1n) is 6.17. The van der Waals surface area contributed by atoms with E-state index in [4.69, 9.17) is 0 Å². The summed E-state index contributed by atoms with van der Waals surface area (Å²) in [4.78, 5) is 21.7. The molecule has 2 aromatic heterocycles. The number of pyridine rings is 1. The number of aromatic nitrogens is 2. The fourth-order valence-electron chi connectivity index (χ4n) is 1.46. The van der Waals surface area contributed by atoms with Crippen molar-refractivity contribution in [2.75, 3.05) is 0 Å². The fourth-order valence-corrected chi connectivity index (χ4v) is 2.28. The van der Waals surface area contributed by atoms with Gasteiger partial charge in [-0.1, -0.05) is 20.8 Å². The summed E-state index contributed by atoms with van der Waals surface area (Å²) in [7, 11) is 0. The van der Waals surface area contributed by atoms with Crippen molar-refractivity contribution < 1.29 is 9.18 Å². The summed E-state index contributed by atoms with van der Waals surface area (Å²) < 4.78 is 14.6. The lowest BCUT2D eigenvalue weighted by Crippen LogP contribution is -2.23. The molecule has 0 saturated heterocycles. The molecule has 0 radical (unpaired) electrons. The van der Waals surface area contributed by atoms with Crippen LogP contribution in [0.2, 0.25) is 0 Å². The minimum absolute atomic E-state index is 0.199. The highest BCUT2D eigenvalue weighted by molar-refractivity contribution is 7.09. The lowest BCUT2D eigenvalue weighted by atomic mass is 9.96. The maximum atomic E-state index is 12.9. The monoisotopic (exact) mass is 293 g/mol. The van der Waals surface area contributed by atoms with Crippen LogP contribution in [0, 0.1) is 18.2 Å². The Morgan fingerprint density at radius 1 is 1.40 bits per heavy atom. The van der Waals surface area contributed by atoms with E-state index >= 15 is 0 Å². The minimum Gasteiger partial charge on any atom is -0.276 e. The van der Waals surface area contributed by atoms with Crippen molar-refractivity contribution >= 4 is 17.2 Å². The molecule has 0 fully saturated rings. The number of carbonyl (C=O) groups is 1. The third kappa shape index (κ3) is 3.19. The van der Waals surface area contributed by atoms with Crippen LogP contribution >= 0.6 is 11.3 Å². The third-order valence-corrected chi connectivity index (χ3v) is 3.46. The predicted molar refractivity (Wildman–Crippen MR) is 76.2 cm³/mol. The Bertz CT molecular complexity index is 692. The summed E-state index contributed by atoms with van der Waals surface area (Å²) >= 11 is 1.40. The Morgan fingerprint density at radius 2 is 2.10 bits per heavy atom. The molecule has 0 bridgehead atoms. The van der Waals surface area contributed by atoms with Gasteiger partial charge in [0.05, 0.1) is 6.20 Å². The molecule has 0 spiro atoms. The first kappa shape index (κ1) is 14.6. The maximum Gasteiger partial charge on any atom is 0.253 e. The maximum absolute atomic E-state index is 12.9. The average molecular weight is 293 g/mol. The van der Waals surface area contributed by atoms with E-state index in [0.717, 1.165) is 11.1 Å². The standard InChI is InChI=1S/C14H16FN3OS/c1-9-8-18(11-6-5-10(15)7-16-11)13(20-9)17-12(19)14(2,3)4/h5-8H,1-4H3/b17-13-. The fraction of sp³-hybridized carbons (Fsp3) is 0.357. The zero-order chi connectivity index (χ0) is 14.9.